The van der Waals surface area contributed by atoms with Gasteiger partial charge in [-0.25, -0.2) is 4.79 Å². The number of nitrogens with one attached hydrogen (secondary N) is 2. The van der Waals surface area contributed by atoms with Crippen LogP contribution in [0, 0.1) is 5.92 Å². The third-order valence-electron chi connectivity index (χ3n) is 5.31. The lowest BCUT2D eigenvalue weighted by Gasteiger charge is -2.23. The molecule has 10 heteroatoms. The minimum atomic E-state index is -4.65. The Labute approximate surface area is 202 Å². The number of pyridine rings is 1. The third-order valence-corrected chi connectivity index (χ3v) is 5.31. The molecule has 0 fully saturated rings. The summed E-state index contributed by atoms with van der Waals surface area (Å²) in [5.41, 5.74) is -0.121. The molecule has 1 aliphatic heterocycles. The molecular weight excluding hydrogens is 463 g/mol. The second-order valence-corrected chi connectivity index (χ2v) is 9.77. The van der Waals surface area contributed by atoms with E-state index in [-0.39, 0.29) is 47.9 Å². The topological polar surface area (TPSA) is 89.5 Å². The summed E-state index contributed by atoms with van der Waals surface area (Å²) in [6.45, 7) is 9.16. The number of benzene rings is 1. The maximum atomic E-state index is 13.9. The molecule has 7 nitrogen and oxygen atoms in total. The van der Waals surface area contributed by atoms with E-state index in [1.807, 2.05) is 6.92 Å². The number of nitrogens with zero attached hydrogens (tertiary/aromatic N) is 1. The van der Waals surface area contributed by atoms with Gasteiger partial charge in [-0.1, -0.05) is 13.0 Å². The molecule has 0 saturated heterocycles. The first-order valence-corrected chi connectivity index (χ1v) is 11.3. The third kappa shape index (κ3) is 6.86. The first kappa shape index (κ1) is 26.3. The number of carbonyl (C=O) groups is 2. The van der Waals surface area contributed by atoms with Crippen LogP contribution in [0.25, 0.3) is 11.1 Å². The van der Waals surface area contributed by atoms with Crippen LogP contribution in [-0.4, -0.2) is 35.2 Å². The zero-order chi connectivity index (χ0) is 26.0. The molecule has 0 saturated carbocycles. The molecule has 1 aromatic carbocycles. The molecular formula is C25H30F3N3O4. The van der Waals surface area contributed by atoms with Crippen molar-refractivity contribution in [1.82, 2.24) is 15.6 Å². The Morgan fingerprint density at radius 3 is 2.57 bits per heavy atom. The number of ether oxygens (including phenoxy) is 2. The summed E-state index contributed by atoms with van der Waals surface area (Å²) in [5, 5.41) is 5.36. The van der Waals surface area contributed by atoms with Crippen LogP contribution < -0.4 is 15.4 Å². The standard InChI is InChI=1S/C25H30F3N3O4/c1-14(10-15(2)31-23(33)35-24(3,4)5)13-34-20-7-6-16(11-18(20)25(26,27)28)17-8-9-29-19-12-30-22(32)21(17)19/h6-9,11,14-15H,10,12-13H2,1-5H3,(H,30,32)(H,31,33). The average Bonchev–Trinajstić information content (AvgIpc) is 3.11. The number of carbonyl (C=O) groups excluding carboxylic acids is 2. The number of hydrogen-bond acceptors (Lipinski definition) is 5. The Morgan fingerprint density at radius 2 is 1.91 bits per heavy atom. The fourth-order valence-electron chi connectivity index (χ4n) is 3.90. The minimum absolute atomic E-state index is 0.0236. The number of aromatic nitrogens is 1. The van der Waals surface area contributed by atoms with Gasteiger partial charge in [0.1, 0.15) is 11.4 Å². The number of fused-ring (bicyclic) bond motifs is 1. The van der Waals surface area contributed by atoms with Crippen molar-refractivity contribution in [3.05, 3.63) is 47.3 Å². The Bertz CT molecular complexity index is 1100. The lowest BCUT2D eigenvalue weighted by atomic mass is 9.97. The quantitative estimate of drug-likeness (QED) is 0.544. The van der Waals surface area contributed by atoms with Crippen molar-refractivity contribution in [2.75, 3.05) is 6.61 Å². The second-order valence-electron chi connectivity index (χ2n) is 9.77. The predicted molar refractivity (Wildman–Crippen MR) is 124 cm³/mol. The van der Waals surface area contributed by atoms with E-state index >= 15 is 0 Å². The first-order valence-electron chi connectivity index (χ1n) is 11.3. The van der Waals surface area contributed by atoms with Crippen molar-refractivity contribution >= 4 is 12.0 Å². The number of rotatable bonds is 7. The van der Waals surface area contributed by atoms with Gasteiger partial charge in [-0.15, -0.1) is 0 Å². The van der Waals surface area contributed by atoms with Crippen LogP contribution in [0.5, 0.6) is 5.75 Å². The van der Waals surface area contributed by atoms with Gasteiger partial charge in [0.25, 0.3) is 5.91 Å². The Hall–Kier alpha value is -3.30. The fraction of sp³-hybridized carbons (Fsp3) is 0.480. The van der Waals surface area contributed by atoms with Crippen molar-refractivity contribution in [2.45, 2.75) is 65.4 Å². The van der Waals surface area contributed by atoms with Crippen molar-refractivity contribution in [2.24, 2.45) is 5.92 Å². The van der Waals surface area contributed by atoms with Crippen LogP contribution in [0.15, 0.2) is 30.5 Å². The second kappa shape index (κ2) is 10.1. The molecule has 2 heterocycles. The van der Waals surface area contributed by atoms with Gasteiger partial charge in [-0.2, -0.15) is 13.2 Å². The van der Waals surface area contributed by atoms with Crippen molar-refractivity contribution in [3.63, 3.8) is 0 Å². The Morgan fingerprint density at radius 1 is 1.20 bits per heavy atom. The summed E-state index contributed by atoms with van der Waals surface area (Å²) in [5.74, 6) is -0.802. The molecule has 2 N–H and O–H groups in total. The largest absolute Gasteiger partial charge is 0.493 e. The number of alkyl halides is 3. The lowest BCUT2D eigenvalue weighted by Crippen LogP contribution is -2.38. The van der Waals surface area contributed by atoms with Gasteiger partial charge in [-0.05, 0) is 69.4 Å². The molecule has 35 heavy (non-hydrogen) atoms. The molecule has 0 aliphatic carbocycles. The lowest BCUT2D eigenvalue weighted by molar-refractivity contribution is -0.139. The molecule has 2 unspecified atom stereocenters. The maximum Gasteiger partial charge on any atom is 0.419 e. The molecule has 3 rings (SSSR count). The summed E-state index contributed by atoms with van der Waals surface area (Å²) >= 11 is 0. The zero-order valence-corrected chi connectivity index (χ0v) is 20.4. The van der Waals surface area contributed by atoms with Gasteiger partial charge in [-0.3, -0.25) is 9.78 Å². The van der Waals surface area contributed by atoms with Gasteiger partial charge in [0.2, 0.25) is 0 Å². The van der Waals surface area contributed by atoms with Crippen LogP contribution in [0.3, 0.4) is 0 Å². The monoisotopic (exact) mass is 493 g/mol. The van der Waals surface area contributed by atoms with E-state index in [1.165, 1.54) is 24.4 Å². The summed E-state index contributed by atoms with van der Waals surface area (Å²) in [6.07, 6.45) is -3.25. The van der Waals surface area contributed by atoms with E-state index in [2.05, 4.69) is 15.6 Å². The molecule has 1 aromatic heterocycles. The highest BCUT2D eigenvalue weighted by Crippen LogP contribution is 2.40. The molecule has 2 atom stereocenters. The summed E-state index contributed by atoms with van der Waals surface area (Å²) in [6, 6.07) is 5.04. The number of alkyl carbamates (subject to hydrolysis) is 1. The van der Waals surface area contributed by atoms with E-state index in [0.29, 0.717) is 17.7 Å². The van der Waals surface area contributed by atoms with Crippen molar-refractivity contribution < 1.29 is 32.2 Å². The van der Waals surface area contributed by atoms with E-state index < -0.39 is 23.4 Å². The molecule has 190 valence electrons. The van der Waals surface area contributed by atoms with Gasteiger partial charge in [0.05, 0.1) is 30.0 Å². The van der Waals surface area contributed by atoms with Gasteiger partial charge >= 0.3 is 12.3 Å². The van der Waals surface area contributed by atoms with Crippen LogP contribution in [0.1, 0.15) is 62.7 Å². The highest BCUT2D eigenvalue weighted by molar-refractivity contribution is 6.04. The molecule has 2 amide bonds. The highest BCUT2D eigenvalue weighted by Gasteiger charge is 2.35. The van der Waals surface area contributed by atoms with Crippen LogP contribution in [0.4, 0.5) is 18.0 Å². The number of amides is 2. The van der Waals surface area contributed by atoms with Crippen LogP contribution in [0.2, 0.25) is 0 Å². The normalized spacial score (nSPS) is 15.1. The minimum Gasteiger partial charge on any atom is -0.493 e. The van der Waals surface area contributed by atoms with E-state index in [1.54, 1.807) is 27.7 Å². The smallest absolute Gasteiger partial charge is 0.419 e. The molecule has 2 aromatic rings. The highest BCUT2D eigenvalue weighted by atomic mass is 19.4. The molecule has 0 radical (unpaired) electrons. The number of halogens is 3. The maximum absolute atomic E-state index is 13.9. The average molecular weight is 494 g/mol. The van der Waals surface area contributed by atoms with Crippen LogP contribution >= 0.6 is 0 Å². The predicted octanol–water partition coefficient (Wildman–Crippen LogP) is 5.33. The molecule has 0 bridgehead atoms. The fourth-order valence-corrected chi connectivity index (χ4v) is 3.90. The van der Waals surface area contributed by atoms with E-state index in [0.717, 1.165) is 6.07 Å². The van der Waals surface area contributed by atoms with Crippen LogP contribution in [-0.2, 0) is 17.5 Å². The van der Waals surface area contributed by atoms with Crippen molar-refractivity contribution in [1.29, 1.82) is 0 Å². The molecule has 1 aliphatic rings. The van der Waals surface area contributed by atoms with Gasteiger partial charge in [0, 0.05) is 12.2 Å². The Kier molecular flexibility index (Phi) is 7.62. The summed E-state index contributed by atoms with van der Waals surface area (Å²) < 4.78 is 52.4. The van der Waals surface area contributed by atoms with E-state index in [4.69, 9.17) is 9.47 Å². The summed E-state index contributed by atoms with van der Waals surface area (Å²) in [7, 11) is 0. The SMILES string of the molecule is CC(COc1ccc(-c2ccnc3c2C(=O)NC3)cc1C(F)(F)F)CC(C)NC(=O)OC(C)(C)C. The van der Waals surface area contributed by atoms with Gasteiger partial charge < -0.3 is 20.1 Å². The number of hydrogen-bond donors (Lipinski definition) is 2. The van der Waals surface area contributed by atoms with Gasteiger partial charge in [0.15, 0.2) is 0 Å². The van der Waals surface area contributed by atoms with Crippen molar-refractivity contribution in [3.8, 4) is 16.9 Å². The molecule has 0 spiro atoms. The Balaban J connectivity index is 1.71. The van der Waals surface area contributed by atoms with E-state index in [9.17, 15) is 22.8 Å². The summed E-state index contributed by atoms with van der Waals surface area (Å²) in [4.78, 5) is 28.2. The first-order chi connectivity index (χ1) is 16.2. The zero-order valence-electron chi connectivity index (χ0n) is 20.4.